The molecule has 0 saturated heterocycles. The summed E-state index contributed by atoms with van der Waals surface area (Å²) in [6.07, 6.45) is 1.86. The quantitative estimate of drug-likeness (QED) is 0.326. The number of benzene rings is 3. The predicted molar refractivity (Wildman–Crippen MR) is 106 cm³/mol. The second-order valence-corrected chi connectivity index (χ2v) is 7.29. The van der Waals surface area contributed by atoms with E-state index >= 15 is 0 Å². The fourth-order valence-electron chi connectivity index (χ4n) is 3.00. The maximum Gasteiger partial charge on any atom is 0.0552 e. The molecule has 112 valence electrons. The maximum atomic E-state index is 3.83. The molecule has 1 nitrogen and oxygen atoms in total. The van der Waals surface area contributed by atoms with Crippen molar-refractivity contribution in [2.24, 2.45) is 0 Å². The lowest BCUT2D eigenvalue weighted by molar-refractivity contribution is 1.18. The molecule has 0 aliphatic rings. The molecule has 0 unspecified atom stereocenters. The molecule has 1 aromatic heterocycles. The highest BCUT2D eigenvalue weighted by atomic mass is 79.9. The Morgan fingerprint density at radius 3 is 1.74 bits per heavy atom. The molecule has 0 amide bonds. The van der Waals surface area contributed by atoms with Crippen molar-refractivity contribution in [2.75, 3.05) is 0 Å². The lowest BCUT2D eigenvalue weighted by Gasteiger charge is -2.08. The minimum Gasteiger partial charge on any atom is -0.309 e. The molecule has 0 bridgehead atoms. The summed E-state index contributed by atoms with van der Waals surface area (Å²) in [5.41, 5.74) is 4.65. The summed E-state index contributed by atoms with van der Waals surface area (Å²) in [6, 6.07) is 21.3. The Hall–Kier alpha value is -1.84. The smallest absolute Gasteiger partial charge is 0.0552 e. The lowest BCUT2D eigenvalue weighted by atomic mass is 10.2. The van der Waals surface area contributed by atoms with Gasteiger partial charge in [0.25, 0.3) is 0 Å². The van der Waals surface area contributed by atoms with Crippen LogP contribution in [0, 0.1) is 0 Å². The van der Waals surface area contributed by atoms with Gasteiger partial charge in [0.2, 0.25) is 0 Å². The molecule has 0 aliphatic heterocycles. The molecule has 23 heavy (non-hydrogen) atoms. The predicted octanol–water partition coefficient (Wildman–Crippen LogP) is 6.95. The molecule has 1 heterocycles. The fraction of sp³-hybridized carbons (Fsp3) is 0. The van der Waals surface area contributed by atoms with Crippen LogP contribution in [0.2, 0.25) is 0 Å². The van der Waals surface area contributed by atoms with Gasteiger partial charge >= 0.3 is 0 Å². The molecular weight excluding hydrogens is 414 g/mol. The summed E-state index contributed by atoms with van der Waals surface area (Å²) >= 11 is 7.20. The zero-order valence-corrected chi connectivity index (χ0v) is 15.4. The van der Waals surface area contributed by atoms with Gasteiger partial charge < -0.3 is 4.57 Å². The van der Waals surface area contributed by atoms with E-state index in [1.807, 2.05) is 6.08 Å². The van der Waals surface area contributed by atoms with E-state index in [9.17, 15) is 0 Å². The molecular formula is C20H13Br2N. The van der Waals surface area contributed by atoms with Crippen molar-refractivity contribution >= 4 is 59.7 Å². The molecule has 0 N–H and O–H groups in total. The van der Waals surface area contributed by atoms with Gasteiger partial charge in [-0.05, 0) is 42.0 Å². The highest BCUT2D eigenvalue weighted by Gasteiger charge is 2.12. The van der Waals surface area contributed by atoms with Crippen molar-refractivity contribution < 1.29 is 0 Å². The third kappa shape index (κ3) is 2.44. The SMILES string of the molecule is C=Cc1ccc(-n2c3cc(Br)ccc3c3ccc(Br)cc32)cc1. The molecule has 0 saturated carbocycles. The van der Waals surface area contributed by atoms with Gasteiger partial charge in [-0.2, -0.15) is 0 Å². The van der Waals surface area contributed by atoms with Crippen LogP contribution < -0.4 is 0 Å². The summed E-state index contributed by atoms with van der Waals surface area (Å²) in [5, 5.41) is 2.51. The van der Waals surface area contributed by atoms with Crippen molar-refractivity contribution in [3.8, 4) is 5.69 Å². The zero-order chi connectivity index (χ0) is 16.0. The third-order valence-electron chi connectivity index (χ3n) is 4.08. The van der Waals surface area contributed by atoms with Crippen molar-refractivity contribution in [2.45, 2.75) is 0 Å². The lowest BCUT2D eigenvalue weighted by Crippen LogP contribution is -1.93. The Morgan fingerprint density at radius 2 is 1.26 bits per heavy atom. The largest absolute Gasteiger partial charge is 0.309 e. The van der Waals surface area contributed by atoms with Crippen LogP contribution in [0.15, 0.2) is 76.2 Å². The molecule has 0 spiro atoms. The van der Waals surface area contributed by atoms with E-state index in [-0.39, 0.29) is 0 Å². The van der Waals surface area contributed by atoms with Crippen LogP contribution in [0.4, 0.5) is 0 Å². The Kier molecular flexibility index (Phi) is 3.63. The average molecular weight is 427 g/mol. The van der Waals surface area contributed by atoms with Crippen molar-refractivity contribution in [3.05, 3.63) is 81.8 Å². The van der Waals surface area contributed by atoms with E-state index in [0.29, 0.717) is 0 Å². The van der Waals surface area contributed by atoms with Crippen molar-refractivity contribution in [1.29, 1.82) is 0 Å². The standard InChI is InChI=1S/C20H13Br2N/c1-2-13-3-7-16(8-4-13)23-19-11-14(21)5-9-17(19)18-10-6-15(22)12-20(18)23/h2-12H,1H2. The second-order valence-electron chi connectivity index (χ2n) is 5.45. The van der Waals surface area contributed by atoms with Gasteiger partial charge in [-0.15, -0.1) is 0 Å². The normalized spacial score (nSPS) is 11.2. The maximum absolute atomic E-state index is 3.83. The number of hydrogen-bond donors (Lipinski definition) is 0. The van der Waals surface area contributed by atoms with E-state index in [0.717, 1.165) is 20.2 Å². The van der Waals surface area contributed by atoms with Crippen molar-refractivity contribution in [1.82, 2.24) is 4.57 Å². The van der Waals surface area contributed by atoms with Crippen LogP contribution in [0.3, 0.4) is 0 Å². The molecule has 4 rings (SSSR count). The number of hydrogen-bond acceptors (Lipinski definition) is 0. The molecule has 3 heteroatoms. The van der Waals surface area contributed by atoms with Gasteiger partial charge in [-0.1, -0.05) is 68.8 Å². The Labute approximate surface area is 151 Å². The van der Waals surface area contributed by atoms with Crippen molar-refractivity contribution in [3.63, 3.8) is 0 Å². The van der Waals surface area contributed by atoms with Crippen LogP contribution in [0.5, 0.6) is 0 Å². The van der Waals surface area contributed by atoms with Crippen LogP contribution in [0.1, 0.15) is 5.56 Å². The minimum absolute atomic E-state index is 1.08. The summed E-state index contributed by atoms with van der Waals surface area (Å²) in [5.74, 6) is 0. The monoisotopic (exact) mass is 425 g/mol. The first kappa shape index (κ1) is 14.7. The van der Waals surface area contributed by atoms with Gasteiger partial charge in [0.05, 0.1) is 11.0 Å². The van der Waals surface area contributed by atoms with Crippen LogP contribution in [-0.2, 0) is 0 Å². The Bertz CT molecular complexity index is 984. The van der Waals surface area contributed by atoms with Crippen LogP contribution >= 0.6 is 31.9 Å². The van der Waals surface area contributed by atoms with Gasteiger partial charge in [0.15, 0.2) is 0 Å². The molecule has 0 radical (unpaired) electrons. The highest BCUT2D eigenvalue weighted by Crippen LogP contribution is 2.35. The summed E-state index contributed by atoms with van der Waals surface area (Å²) < 4.78 is 4.46. The van der Waals surface area contributed by atoms with E-state index in [2.05, 4.69) is 104 Å². The van der Waals surface area contributed by atoms with Gasteiger partial charge in [-0.25, -0.2) is 0 Å². The molecule has 0 aliphatic carbocycles. The van der Waals surface area contributed by atoms with Gasteiger partial charge in [0.1, 0.15) is 0 Å². The van der Waals surface area contributed by atoms with E-state index < -0.39 is 0 Å². The Morgan fingerprint density at radius 1 is 0.739 bits per heavy atom. The zero-order valence-electron chi connectivity index (χ0n) is 12.3. The number of fused-ring (bicyclic) bond motifs is 3. The summed E-state index contributed by atoms with van der Waals surface area (Å²) in [4.78, 5) is 0. The molecule has 0 fully saturated rings. The van der Waals surface area contributed by atoms with E-state index in [4.69, 9.17) is 0 Å². The topological polar surface area (TPSA) is 4.93 Å². The third-order valence-corrected chi connectivity index (χ3v) is 5.07. The molecule has 0 atom stereocenters. The van der Waals surface area contributed by atoms with E-state index in [1.165, 1.54) is 21.8 Å². The molecule has 3 aromatic carbocycles. The van der Waals surface area contributed by atoms with Crippen LogP contribution in [-0.4, -0.2) is 4.57 Å². The fourth-order valence-corrected chi connectivity index (χ4v) is 3.70. The minimum atomic E-state index is 1.08. The Balaban J connectivity index is 2.14. The summed E-state index contributed by atoms with van der Waals surface area (Å²) in [6.45, 7) is 3.83. The number of rotatable bonds is 2. The highest BCUT2D eigenvalue weighted by molar-refractivity contribution is 9.10. The van der Waals surface area contributed by atoms with E-state index in [1.54, 1.807) is 0 Å². The first-order valence-corrected chi connectivity index (χ1v) is 8.88. The molecule has 4 aromatic rings. The number of halogens is 2. The average Bonchev–Trinajstić information content (AvgIpc) is 2.87. The van der Waals surface area contributed by atoms with Crippen LogP contribution in [0.25, 0.3) is 33.6 Å². The summed E-state index contributed by atoms with van der Waals surface area (Å²) in [7, 11) is 0. The first-order chi connectivity index (χ1) is 11.2. The number of nitrogens with zero attached hydrogens (tertiary/aromatic N) is 1. The van der Waals surface area contributed by atoms with Gasteiger partial charge in [0, 0.05) is 25.4 Å². The first-order valence-electron chi connectivity index (χ1n) is 7.29. The second kappa shape index (κ2) is 5.66. The number of aromatic nitrogens is 1. The van der Waals surface area contributed by atoms with Gasteiger partial charge in [-0.3, -0.25) is 0 Å².